The Kier molecular flexibility index (Phi) is 4.60. The van der Waals surface area contributed by atoms with E-state index in [0.29, 0.717) is 0 Å². The molecule has 0 saturated heterocycles. The van der Waals surface area contributed by atoms with Crippen molar-refractivity contribution in [1.82, 2.24) is 0 Å². The van der Waals surface area contributed by atoms with Crippen molar-refractivity contribution in [2.75, 3.05) is 0 Å². The quantitative estimate of drug-likeness (QED) is 0.215. The Morgan fingerprint density at radius 1 is 0.368 bits per heavy atom. The normalized spacial score (nSPS) is 12.2. The van der Waals surface area contributed by atoms with Crippen molar-refractivity contribution in [3.05, 3.63) is 144 Å². The second-order valence-electron chi connectivity index (χ2n) is 10.6. The van der Waals surface area contributed by atoms with Crippen LogP contribution in [0.1, 0.15) is 16.7 Å². The van der Waals surface area contributed by atoms with Gasteiger partial charge in [-0.3, -0.25) is 0 Å². The second-order valence-corrected chi connectivity index (χ2v) is 10.6. The summed E-state index contributed by atoms with van der Waals surface area (Å²) in [4.78, 5) is 0. The summed E-state index contributed by atoms with van der Waals surface area (Å²) < 4.78 is 0. The third-order valence-electron chi connectivity index (χ3n) is 8.41. The zero-order chi connectivity index (χ0) is 25.2. The lowest BCUT2D eigenvalue weighted by Gasteiger charge is -2.14. The summed E-state index contributed by atoms with van der Waals surface area (Å²) >= 11 is 0. The fourth-order valence-corrected chi connectivity index (χ4v) is 6.59. The highest BCUT2D eigenvalue weighted by Crippen LogP contribution is 2.46. The lowest BCUT2D eigenvalue weighted by atomic mass is 9.90. The summed E-state index contributed by atoms with van der Waals surface area (Å²) in [7, 11) is 0. The van der Waals surface area contributed by atoms with E-state index in [-0.39, 0.29) is 0 Å². The molecule has 8 rings (SSSR count). The van der Waals surface area contributed by atoms with Gasteiger partial charge in [0.2, 0.25) is 0 Å². The number of hydrogen-bond acceptors (Lipinski definition) is 0. The van der Waals surface area contributed by atoms with Crippen LogP contribution in [-0.4, -0.2) is 0 Å². The average molecular weight is 483 g/mol. The van der Waals surface area contributed by atoms with Gasteiger partial charge in [-0.05, 0) is 96.2 Å². The number of rotatable bonds is 2. The molecule has 0 radical (unpaired) electrons. The first-order chi connectivity index (χ1) is 18.8. The largest absolute Gasteiger partial charge is 0.0616 e. The summed E-state index contributed by atoms with van der Waals surface area (Å²) in [6.45, 7) is 2.15. The van der Waals surface area contributed by atoms with Gasteiger partial charge < -0.3 is 0 Å². The van der Waals surface area contributed by atoms with Gasteiger partial charge in [0.15, 0.2) is 0 Å². The van der Waals surface area contributed by atoms with Gasteiger partial charge in [-0.2, -0.15) is 0 Å². The Balaban J connectivity index is 1.33. The molecule has 0 aliphatic heterocycles. The summed E-state index contributed by atoms with van der Waals surface area (Å²) in [6, 6.07) is 47.3. The number of hydrogen-bond donors (Lipinski definition) is 0. The van der Waals surface area contributed by atoms with E-state index in [1.54, 1.807) is 0 Å². The molecular weight excluding hydrogens is 456 g/mol. The highest BCUT2D eigenvalue weighted by Gasteiger charge is 2.24. The van der Waals surface area contributed by atoms with E-state index in [2.05, 4.69) is 134 Å². The molecule has 38 heavy (non-hydrogen) atoms. The first-order valence-corrected chi connectivity index (χ1v) is 13.4. The van der Waals surface area contributed by atoms with Crippen LogP contribution in [0.5, 0.6) is 0 Å². The third-order valence-corrected chi connectivity index (χ3v) is 8.41. The van der Waals surface area contributed by atoms with E-state index in [1.807, 2.05) is 0 Å². The second kappa shape index (κ2) is 8.16. The van der Waals surface area contributed by atoms with Gasteiger partial charge in [0.1, 0.15) is 0 Å². The molecule has 0 heterocycles. The number of fused-ring (bicyclic) bond motifs is 9. The predicted octanol–water partition coefficient (Wildman–Crippen LogP) is 10.4. The zero-order valence-electron chi connectivity index (χ0n) is 21.3. The fraction of sp³-hybridized carbons (Fsp3) is 0.0526. The van der Waals surface area contributed by atoms with Gasteiger partial charge >= 0.3 is 0 Å². The summed E-state index contributed by atoms with van der Waals surface area (Å²) in [6.07, 6.45) is 0.960. The topological polar surface area (TPSA) is 0 Å². The molecule has 0 spiro atoms. The Morgan fingerprint density at radius 2 is 0.816 bits per heavy atom. The van der Waals surface area contributed by atoms with Gasteiger partial charge in [0, 0.05) is 0 Å². The SMILES string of the molecule is Cc1ccc(-c2cccc3c2Cc2c(-c4ccc5c6ccccc6c6ccccc6c5c4)cccc2-3)cc1. The summed E-state index contributed by atoms with van der Waals surface area (Å²) in [5.74, 6) is 0. The summed E-state index contributed by atoms with van der Waals surface area (Å²) in [5.41, 5.74) is 12.2. The number of benzene rings is 7. The van der Waals surface area contributed by atoms with Crippen LogP contribution < -0.4 is 0 Å². The minimum atomic E-state index is 0.960. The highest BCUT2D eigenvalue weighted by molar-refractivity contribution is 6.25. The molecule has 178 valence electrons. The minimum absolute atomic E-state index is 0.960. The molecule has 7 aromatic carbocycles. The molecule has 1 aliphatic carbocycles. The average Bonchev–Trinajstić information content (AvgIpc) is 3.37. The Bertz CT molecular complexity index is 2010. The monoisotopic (exact) mass is 482 g/mol. The lowest BCUT2D eigenvalue weighted by Crippen LogP contribution is -1.91. The van der Waals surface area contributed by atoms with Crippen LogP contribution in [-0.2, 0) is 6.42 Å². The van der Waals surface area contributed by atoms with Crippen LogP contribution in [0.15, 0.2) is 127 Å². The molecule has 0 N–H and O–H groups in total. The number of aryl methyl sites for hydroxylation is 1. The van der Waals surface area contributed by atoms with Crippen LogP contribution in [0.25, 0.3) is 65.7 Å². The lowest BCUT2D eigenvalue weighted by molar-refractivity contribution is 1.26. The first kappa shape index (κ1) is 21.4. The van der Waals surface area contributed by atoms with Crippen molar-refractivity contribution in [3.63, 3.8) is 0 Å². The maximum absolute atomic E-state index is 2.42. The third kappa shape index (κ3) is 3.10. The molecule has 0 saturated carbocycles. The smallest absolute Gasteiger partial charge is 0.000112 e. The van der Waals surface area contributed by atoms with Crippen molar-refractivity contribution in [2.24, 2.45) is 0 Å². The highest BCUT2D eigenvalue weighted by atomic mass is 14.3. The van der Waals surface area contributed by atoms with E-state index in [9.17, 15) is 0 Å². The molecular formula is C38H26. The zero-order valence-corrected chi connectivity index (χ0v) is 21.3. The van der Waals surface area contributed by atoms with Gasteiger partial charge in [-0.25, -0.2) is 0 Å². The fourth-order valence-electron chi connectivity index (χ4n) is 6.59. The van der Waals surface area contributed by atoms with Gasteiger partial charge in [0.25, 0.3) is 0 Å². The molecule has 0 atom stereocenters. The molecule has 0 fully saturated rings. The van der Waals surface area contributed by atoms with E-state index in [0.717, 1.165) is 6.42 Å². The van der Waals surface area contributed by atoms with Gasteiger partial charge in [0.05, 0.1) is 0 Å². The summed E-state index contributed by atoms with van der Waals surface area (Å²) in [5, 5.41) is 7.93. The van der Waals surface area contributed by atoms with E-state index in [4.69, 9.17) is 0 Å². The van der Waals surface area contributed by atoms with Crippen molar-refractivity contribution < 1.29 is 0 Å². The molecule has 1 aliphatic rings. The molecule has 0 nitrogen and oxygen atoms in total. The first-order valence-electron chi connectivity index (χ1n) is 13.4. The molecule has 0 unspecified atom stereocenters. The van der Waals surface area contributed by atoms with Crippen LogP contribution in [0.2, 0.25) is 0 Å². The van der Waals surface area contributed by atoms with Crippen molar-refractivity contribution in [1.29, 1.82) is 0 Å². The van der Waals surface area contributed by atoms with Crippen LogP contribution in [0.3, 0.4) is 0 Å². The standard InChI is InChI=1S/C38H26/c1-24-16-18-25(19-17-24)27-12-6-14-33-34-15-7-13-28(38(34)23-37(27)33)26-20-21-35-31-10-3-2-8-29(31)30-9-4-5-11-32(30)36(35)22-26/h2-22H,23H2,1H3. The van der Waals surface area contributed by atoms with Crippen LogP contribution >= 0.6 is 0 Å². The van der Waals surface area contributed by atoms with Crippen LogP contribution in [0.4, 0.5) is 0 Å². The minimum Gasteiger partial charge on any atom is -0.0616 e. The molecule has 7 aromatic rings. The molecule has 0 aromatic heterocycles. The van der Waals surface area contributed by atoms with Crippen molar-refractivity contribution in [3.8, 4) is 33.4 Å². The Labute approximate surface area is 222 Å². The van der Waals surface area contributed by atoms with E-state index in [1.165, 1.54) is 82.4 Å². The maximum Gasteiger partial charge on any atom is -0.000112 e. The Morgan fingerprint density at radius 3 is 1.39 bits per heavy atom. The molecule has 0 heteroatoms. The van der Waals surface area contributed by atoms with Crippen LogP contribution in [0, 0.1) is 6.92 Å². The van der Waals surface area contributed by atoms with Gasteiger partial charge in [-0.1, -0.05) is 127 Å². The molecule has 0 bridgehead atoms. The van der Waals surface area contributed by atoms with Crippen molar-refractivity contribution >= 4 is 32.3 Å². The van der Waals surface area contributed by atoms with E-state index < -0.39 is 0 Å². The molecule has 0 amide bonds. The maximum atomic E-state index is 2.42. The Hall–Kier alpha value is -4.68. The van der Waals surface area contributed by atoms with Gasteiger partial charge in [-0.15, -0.1) is 0 Å². The van der Waals surface area contributed by atoms with E-state index >= 15 is 0 Å². The predicted molar refractivity (Wildman–Crippen MR) is 163 cm³/mol. The van der Waals surface area contributed by atoms with Crippen molar-refractivity contribution in [2.45, 2.75) is 13.3 Å².